The summed E-state index contributed by atoms with van der Waals surface area (Å²) in [5.41, 5.74) is 2.12. The summed E-state index contributed by atoms with van der Waals surface area (Å²) in [5.74, 6) is -1.24. The lowest BCUT2D eigenvalue weighted by molar-refractivity contribution is -0.131. The number of aliphatic carboxylic acids is 1. The van der Waals surface area contributed by atoms with Crippen LogP contribution in [0.1, 0.15) is 25.0 Å². The second-order valence-corrected chi connectivity index (χ2v) is 4.20. The lowest BCUT2D eigenvalue weighted by atomic mass is 10.0. The van der Waals surface area contributed by atoms with Gasteiger partial charge < -0.3 is 15.3 Å². The Bertz CT molecular complexity index is 509. The smallest absolute Gasteiger partial charge is 0.328 e. The van der Waals surface area contributed by atoms with Crippen molar-refractivity contribution < 1.29 is 20.1 Å². The molecule has 0 aromatic heterocycles. The molecular formula is C14H16O4. The molecule has 1 rings (SSSR count). The topological polar surface area (TPSA) is 77.8 Å². The zero-order valence-electron chi connectivity index (χ0n) is 10.3. The molecule has 0 heterocycles. The van der Waals surface area contributed by atoms with Gasteiger partial charge >= 0.3 is 5.97 Å². The molecule has 96 valence electrons. The Balaban J connectivity index is 3.09. The fourth-order valence-electron chi connectivity index (χ4n) is 1.41. The van der Waals surface area contributed by atoms with Gasteiger partial charge in [0, 0.05) is 17.7 Å². The van der Waals surface area contributed by atoms with E-state index in [9.17, 15) is 15.0 Å². The van der Waals surface area contributed by atoms with Crippen LogP contribution < -0.4 is 0 Å². The van der Waals surface area contributed by atoms with Crippen LogP contribution in [0, 0.1) is 0 Å². The van der Waals surface area contributed by atoms with Gasteiger partial charge in [0.25, 0.3) is 0 Å². The lowest BCUT2D eigenvalue weighted by Gasteiger charge is -2.06. The second kappa shape index (κ2) is 5.91. The Kier molecular flexibility index (Phi) is 4.54. The van der Waals surface area contributed by atoms with Crippen molar-refractivity contribution in [1.82, 2.24) is 0 Å². The van der Waals surface area contributed by atoms with Crippen molar-refractivity contribution in [3.8, 4) is 11.5 Å². The molecule has 0 atom stereocenters. The summed E-state index contributed by atoms with van der Waals surface area (Å²) in [6.45, 7) is 3.89. The van der Waals surface area contributed by atoms with Crippen LogP contribution in [0.5, 0.6) is 11.5 Å². The summed E-state index contributed by atoms with van der Waals surface area (Å²) >= 11 is 0. The van der Waals surface area contributed by atoms with Crippen molar-refractivity contribution in [3.05, 3.63) is 41.0 Å². The molecule has 0 unspecified atom stereocenters. The summed E-state index contributed by atoms with van der Waals surface area (Å²) in [7, 11) is 0. The predicted octanol–water partition coefficient (Wildman–Crippen LogP) is 2.70. The molecule has 0 aliphatic heterocycles. The highest BCUT2D eigenvalue weighted by atomic mass is 16.4. The van der Waals surface area contributed by atoms with Crippen molar-refractivity contribution in [1.29, 1.82) is 0 Å². The molecule has 18 heavy (non-hydrogen) atoms. The molecule has 0 aliphatic rings. The van der Waals surface area contributed by atoms with Crippen LogP contribution in [-0.2, 0) is 11.2 Å². The van der Waals surface area contributed by atoms with Crippen LogP contribution in [0.15, 0.2) is 29.9 Å². The fourth-order valence-corrected chi connectivity index (χ4v) is 1.41. The summed E-state index contributed by atoms with van der Waals surface area (Å²) in [6.07, 6.45) is 4.71. The average Bonchev–Trinajstić information content (AvgIpc) is 2.26. The van der Waals surface area contributed by atoms with Gasteiger partial charge in [0.15, 0.2) is 0 Å². The van der Waals surface area contributed by atoms with E-state index in [-0.39, 0.29) is 11.5 Å². The first kappa shape index (κ1) is 13.8. The van der Waals surface area contributed by atoms with Gasteiger partial charge in [0.05, 0.1) is 0 Å². The monoisotopic (exact) mass is 248 g/mol. The van der Waals surface area contributed by atoms with Gasteiger partial charge in [0.1, 0.15) is 11.5 Å². The van der Waals surface area contributed by atoms with Crippen LogP contribution in [0.4, 0.5) is 0 Å². The van der Waals surface area contributed by atoms with E-state index in [1.165, 1.54) is 12.1 Å². The number of allylic oxidation sites excluding steroid dienone is 2. The molecule has 0 saturated heterocycles. The number of phenolic OH excluding ortho intramolecular Hbond substituents is 2. The number of carboxylic acid groups (broad SMARTS) is 1. The van der Waals surface area contributed by atoms with E-state index < -0.39 is 5.97 Å². The van der Waals surface area contributed by atoms with Crippen LogP contribution in [0.2, 0.25) is 0 Å². The van der Waals surface area contributed by atoms with Gasteiger partial charge in [-0.15, -0.1) is 0 Å². The first-order chi connectivity index (χ1) is 8.40. The maximum Gasteiger partial charge on any atom is 0.328 e. The summed E-state index contributed by atoms with van der Waals surface area (Å²) < 4.78 is 0. The van der Waals surface area contributed by atoms with Crippen molar-refractivity contribution in [2.75, 3.05) is 0 Å². The van der Waals surface area contributed by atoms with E-state index >= 15 is 0 Å². The molecule has 4 heteroatoms. The van der Waals surface area contributed by atoms with Crippen molar-refractivity contribution in [3.63, 3.8) is 0 Å². The van der Waals surface area contributed by atoms with Crippen LogP contribution in [-0.4, -0.2) is 21.3 Å². The predicted molar refractivity (Wildman–Crippen MR) is 69.6 cm³/mol. The summed E-state index contributed by atoms with van der Waals surface area (Å²) in [6, 6.07) is 2.79. The van der Waals surface area contributed by atoms with Crippen LogP contribution in [0.3, 0.4) is 0 Å². The van der Waals surface area contributed by atoms with Crippen molar-refractivity contribution >= 4 is 12.0 Å². The number of benzene rings is 1. The lowest BCUT2D eigenvalue weighted by Crippen LogP contribution is -1.89. The number of rotatable bonds is 4. The molecule has 0 amide bonds. The van der Waals surface area contributed by atoms with Gasteiger partial charge in [0.2, 0.25) is 0 Å². The molecule has 4 nitrogen and oxygen atoms in total. The molecule has 1 aromatic rings. The highest BCUT2D eigenvalue weighted by molar-refractivity contribution is 5.86. The molecule has 0 aliphatic carbocycles. The Labute approximate surface area is 106 Å². The van der Waals surface area contributed by atoms with Gasteiger partial charge in [-0.2, -0.15) is 0 Å². The van der Waals surface area contributed by atoms with Crippen molar-refractivity contribution in [2.24, 2.45) is 0 Å². The molecule has 0 fully saturated rings. The summed E-state index contributed by atoms with van der Waals surface area (Å²) in [5, 5.41) is 27.8. The van der Waals surface area contributed by atoms with Crippen LogP contribution >= 0.6 is 0 Å². The molecular weight excluding hydrogens is 232 g/mol. The van der Waals surface area contributed by atoms with E-state index in [1.807, 2.05) is 19.9 Å². The Morgan fingerprint density at radius 3 is 2.44 bits per heavy atom. The third kappa shape index (κ3) is 3.97. The molecule has 0 radical (unpaired) electrons. The molecule has 0 spiro atoms. The number of carboxylic acids is 1. The minimum absolute atomic E-state index is 0.00234. The zero-order valence-corrected chi connectivity index (χ0v) is 10.3. The maximum atomic E-state index is 10.4. The maximum absolute atomic E-state index is 10.4. The number of phenols is 2. The van der Waals surface area contributed by atoms with Gasteiger partial charge in [-0.1, -0.05) is 11.6 Å². The van der Waals surface area contributed by atoms with E-state index in [1.54, 1.807) is 6.07 Å². The van der Waals surface area contributed by atoms with E-state index in [2.05, 4.69) is 0 Å². The minimum Gasteiger partial charge on any atom is -0.508 e. The highest BCUT2D eigenvalue weighted by Crippen LogP contribution is 2.29. The number of hydrogen-bond acceptors (Lipinski definition) is 3. The van der Waals surface area contributed by atoms with Gasteiger partial charge in [-0.25, -0.2) is 4.79 Å². The molecule has 0 bridgehead atoms. The zero-order chi connectivity index (χ0) is 13.7. The Morgan fingerprint density at radius 2 is 1.89 bits per heavy atom. The number of carbonyl (C=O) groups is 1. The third-order valence-electron chi connectivity index (χ3n) is 2.36. The van der Waals surface area contributed by atoms with Gasteiger partial charge in [-0.3, -0.25) is 0 Å². The standard InChI is InChI=1S/C14H16O4/c1-9(2)3-4-10-7-11(5-6-14(17)18)13(16)8-12(10)15/h3,5-8,15-16H,4H2,1-2H3,(H,17,18). The first-order valence-corrected chi connectivity index (χ1v) is 5.49. The Hall–Kier alpha value is -2.23. The number of aromatic hydroxyl groups is 2. The first-order valence-electron chi connectivity index (χ1n) is 5.49. The van der Waals surface area contributed by atoms with Crippen molar-refractivity contribution in [2.45, 2.75) is 20.3 Å². The Morgan fingerprint density at radius 1 is 1.22 bits per heavy atom. The molecule has 3 N–H and O–H groups in total. The SMILES string of the molecule is CC(C)=CCc1cc(C=CC(=O)O)c(O)cc1O. The second-order valence-electron chi connectivity index (χ2n) is 4.20. The number of hydrogen-bond donors (Lipinski definition) is 3. The molecule has 1 aromatic carbocycles. The van der Waals surface area contributed by atoms with E-state index in [4.69, 9.17) is 5.11 Å². The molecule has 0 saturated carbocycles. The quantitative estimate of drug-likeness (QED) is 0.565. The van der Waals surface area contributed by atoms with Gasteiger partial charge in [-0.05, 0) is 38.0 Å². The van der Waals surface area contributed by atoms with Crippen LogP contribution in [0.25, 0.3) is 6.08 Å². The highest BCUT2D eigenvalue weighted by Gasteiger charge is 2.06. The summed E-state index contributed by atoms with van der Waals surface area (Å²) in [4.78, 5) is 10.4. The van der Waals surface area contributed by atoms with E-state index in [0.29, 0.717) is 17.5 Å². The van der Waals surface area contributed by atoms with E-state index in [0.717, 1.165) is 11.6 Å². The fraction of sp³-hybridized carbons (Fsp3) is 0.214. The largest absolute Gasteiger partial charge is 0.508 e. The third-order valence-corrected chi connectivity index (χ3v) is 2.36. The average molecular weight is 248 g/mol. The minimum atomic E-state index is -1.09. The normalized spacial score (nSPS) is 10.6.